The Labute approximate surface area is 141 Å². The van der Waals surface area contributed by atoms with E-state index in [9.17, 15) is 9.59 Å². The van der Waals surface area contributed by atoms with Crippen LogP contribution in [-0.2, 0) is 11.2 Å². The van der Waals surface area contributed by atoms with E-state index in [0.717, 1.165) is 17.8 Å². The van der Waals surface area contributed by atoms with Crippen LogP contribution in [0.4, 0.5) is 0 Å². The maximum atomic E-state index is 12.3. The number of thiazole rings is 1. The minimum Gasteiger partial charge on any atom is -0.476 e. The van der Waals surface area contributed by atoms with Crippen molar-refractivity contribution in [2.24, 2.45) is 11.8 Å². The van der Waals surface area contributed by atoms with Crippen molar-refractivity contribution in [3.05, 3.63) is 16.1 Å². The smallest absolute Gasteiger partial charge is 0.355 e. The van der Waals surface area contributed by atoms with Crippen molar-refractivity contribution in [1.29, 1.82) is 0 Å². The summed E-state index contributed by atoms with van der Waals surface area (Å²) < 4.78 is 0. The van der Waals surface area contributed by atoms with Crippen molar-refractivity contribution in [3.63, 3.8) is 0 Å². The summed E-state index contributed by atoms with van der Waals surface area (Å²) in [4.78, 5) is 27.2. The summed E-state index contributed by atoms with van der Waals surface area (Å²) in [6.45, 7) is 2.60. The number of aromatic nitrogens is 1. The van der Waals surface area contributed by atoms with Crippen LogP contribution in [0.15, 0.2) is 5.38 Å². The molecule has 0 aliphatic heterocycles. The molecular formula is C17H26N2O3S. The molecule has 1 aliphatic carbocycles. The van der Waals surface area contributed by atoms with E-state index in [2.05, 4.69) is 17.2 Å². The first-order valence-corrected chi connectivity index (χ1v) is 9.43. The Hall–Kier alpha value is -1.43. The monoisotopic (exact) mass is 338 g/mol. The highest BCUT2D eigenvalue weighted by Gasteiger charge is 2.22. The third-order valence-corrected chi connectivity index (χ3v) is 5.52. The molecule has 23 heavy (non-hydrogen) atoms. The van der Waals surface area contributed by atoms with Crippen molar-refractivity contribution < 1.29 is 14.7 Å². The Morgan fingerprint density at radius 1 is 1.39 bits per heavy atom. The van der Waals surface area contributed by atoms with Gasteiger partial charge in [0, 0.05) is 24.3 Å². The first kappa shape index (κ1) is 17.9. The van der Waals surface area contributed by atoms with Crippen molar-refractivity contribution >= 4 is 23.2 Å². The molecular weight excluding hydrogens is 312 g/mol. The van der Waals surface area contributed by atoms with Crippen molar-refractivity contribution in [1.82, 2.24) is 10.3 Å². The first-order valence-electron chi connectivity index (χ1n) is 8.55. The third kappa shape index (κ3) is 5.61. The highest BCUT2D eigenvalue weighted by atomic mass is 32.1. The van der Waals surface area contributed by atoms with E-state index in [1.165, 1.54) is 48.8 Å². The number of carbonyl (C=O) groups excluding carboxylic acids is 1. The van der Waals surface area contributed by atoms with Gasteiger partial charge < -0.3 is 10.4 Å². The minimum absolute atomic E-state index is 0.0834. The van der Waals surface area contributed by atoms with Crippen LogP contribution in [0, 0.1) is 11.8 Å². The average Bonchev–Trinajstić information content (AvgIpc) is 3.02. The van der Waals surface area contributed by atoms with E-state index in [1.807, 2.05) is 0 Å². The molecule has 0 bridgehead atoms. The predicted molar refractivity (Wildman–Crippen MR) is 90.8 cm³/mol. The number of hydrogen-bond donors (Lipinski definition) is 2. The number of nitrogens with one attached hydrogen (secondary N) is 1. The van der Waals surface area contributed by atoms with Gasteiger partial charge in [-0.25, -0.2) is 9.78 Å². The molecule has 0 saturated heterocycles. The third-order valence-electron chi connectivity index (χ3n) is 4.62. The van der Waals surface area contributed by atoms with Crippen LogP contribution in [0.3, 0.4) is 0 Å². The molecule has 1 fully saturated rings. The SMILES string of the molecule is CCC(CC1CCCCC1)C(=O)NCCc1nc(C(=O)O)cs1. The number of aromatic carboxylic acids is 1. The van der Waals surface area contributed by atoms with Gasteiger partial charge in [-0.3, -0.25) is 4.79 Å². The zero-order valence-corrected chi connectivity index (χ0v) is 14.5. The lowest BCUT2D eigenvalue weighted by atomic mass is 9.82. The number of carboxylic acids is 1. The molecule has 0 radical (unpaired) electrons. The van der Waals surface area contributed by atoms with E-state index in [0.29, 0.717) is 18.9 Å². The van der Waals surface area contributed by atoms with Gasteiger partial charge in [-0.2, -0.15) is 0 Å². The van der Waals surface area contributed by atoms with Gasteiger partial charge >= 0.3 is 5.97 Å². The van der Waals surface area contributed by atoms with E-state index in [-0.39, 0.29) is 17.5 Å². The molecule has 1 atom stereocenters. The van der Waals surface area contributed by atoms with Gasteiger partial charge in [0.25, 0.3) is 0 Å². The van der Waals surface area contributed by atoms with Gasteiger partial charge in [0.1, 0.15) is 0 Å². The quantitative estimate of drug-likeness (QED) is 0.760. The normalized spacial score (nSPS) is 16.9. The fourth-order valence-corrected chi connectivity index (χ4v) is 4.02. The fraction of sp³-hybridized carbons (Fsp3) is 0.706. The standard InChI is InChI=1S/C17H26N2O3S/c1-2-13(10-12-6-4-3-5-7-12)16(20)18-9-8-15-19-14(11-23-15)17(21)22/h11-13H,2-10H2,1H3,(H,18,20)(H,21,22). The molecule has 0 spiro atoms. The maximum Gasteiger partial charge on any atom is 0.355 e. The van der Waals surface area contributed by atoms with Crippen molar-refractivity contribution in [2.75, 3.05) is 6.54 Å². The van der Waals surface area contributed by atoms with Crippen LogP contribution in [-0.4, -0.2) is 28.5 Å². The summed E-state index contributed by atoms with van der Waals surface area (Å²) >= 11 is 1.33. The van der Waals surface area contributed by atoms with E-state index in [4.69, 9.17) is 5.11 Å². The van der Waals surface area contributed by atoms with Crippen LogP contribution >= 0.6 is 11.3 Å². The summed E-state index contributed by atoms with van der Waals surface area (Å²) in [6.07, 6.45) is 8.94. The molecule has 2 rings (SSSR count). The molecule has 128 valence electrons. The van der Waals surface area contributed by atoms with Crippen molar-refractivity contribution in [2.45, 2.75) is 58.3 Å². The van der Waals surface area contributed by atoms with Gasteiger partial charge in [0.15, 0.2) is 5.69 Å². The van der Waals surface area contributed by atoms with Gasteiger partial charge in [0.05, 0.1) is 5.01 Å². The van der Waals surface area contributed by atoms with Gasteiger partial charge in [-0.05, 0) is 18.8 Å². The Kier molecular flexibility index (Phi) is 7.02. The number of nitrogens with zero attached hydrogens (tertiary/aromatic N) is 1. The molecule has 6 heteroatoms. The van der Waals surface area contributed by atoms with Gasteiger partial charge in [-0.15, -0.1) is 11.3 Å². The van der Waals surface area contributed by atoms with Crippen LogP contribution < -0.4 is 5.32 Å². The molecule has 1 unspecified atom stereocenters. The lowest BCUT2D eigenvalue weighted by Gasteiger charge is -2.25. The topological polar surface area (TPSA) is 79.3 Å². The molecule has 2 N–H and O–H groups in total. The van der Waals surface area contributed by atoms with E-state index >= 15 is 0 Å². The maximum absolute atomic E-state index is 12.3. The summed E-state index contributed by atoms with van der Waals surface area (Å²) in [5.41, 5.74) is 0.0834. The molecule has 5 nitrogen and oxygen atoms in total. The van der Waals surface area contributed by atoms with Crippen LogP contribution in [0.5, 0.6) is 0 Å². The van der Waals surface area contributed by atoms with E-state index in [1.54, 1.807) is 0 Å². The lowest BCUT2D eigenvalue weighted by Crippen LogP contribution is -2.33. The van der Waals surface area contributed by atoms with Crippen LogP contribution in [0.2, 0.25) is 0 Å². The summed E-state index contributed by atoms with van der Waals surface area (Å²) in [5.74, 6) is -0.0661. The molecule has 0 aromatic carbocycles. The Morgan fingerprint density at radius 3 is 2.74 bits per heavy atom. The predicted octanol–water partition coefficient (Wildman–Crippen LogP) is 3.50. The Bertz CT molecular complexity index is 524. The van der Waals surface area contributed by atoms with Gasteiger partial charge in [0.2, 0.25) is 5.91 Å². The van der Waals surface area contributed by atoms with Gasteiger partial charge in [-0.1, -0.05) is 39.0 Å². The fourth-order valence-electron chi connectivity index (χ4n) is 3.25. The zero-order chi connectivity index (χ0) is 16.7. The summed E-state index contributed by atoms with van der Waals surface area (Å²) in [6, 6.07) is 0. The molecule has 1 amide bonds. The van der Waals surface area contributed by atoms with E-state index < -0.39 is 5.97 Å². The summed E-state index contributed by atoms with van der Waals surface area (Å²) in [7, 11) is 0. The highest BCUT2D eigenvalue weighted by molar-refractivity contribution is 7.09. The number of rotatable bonds is 8. The van der Waals surface area contributed by atoms with Crippen molar-refractivity contribution in [3.8, 4) is 0 Å². The number of carbonyl (C=O) groups is 2. The lowest BCUT2D eigenvalue weighted by molar-refractivity contribution is -0.125. The number of amides is 1. The number of carboxylic acid groups (broad SMARTS) is 1. The summed E-state index contributed by atoms with van der Waals surface area (Å²) in [5, 5.41) is 14.1. The molecule has 1 aromatic heterocycles. The van der Waals surface area contributed by atoms with Crippen LogP contribution in [0.25, 0.3) is 0 Å². The largest absolute Gasteiger partial charge is 0.476 e. The Balaban J connectivity index is 1.74. The number of hydrogen-bond acceptors (Lipinski definition) is 4. The molecule has 1 aromatic rings. The Morgan fingerprint density at radius 2 is 2.13 bits per heavy atom. The average molecular weight is 338 g/mol. The molecule has 1 heterocycles. The molecule has 1 saturated carbocycles. The zero-order valence-electron chi connectivity index (χ0n) is 13.7. The first-order chi connectivity index (χ1) is 11.1. The minimum atomic E-state index is -1.00. The highest BCUT2D eigenvalue weighted by Crippen LogP contribution is 2.30. The second-order valence-electron chi connectivity index (χ2n) is 6.32. The molecule has 1 aliphatic rings. The van der Waals surface area contributed by atoms with Crippen LogP contribution in [0.1, 0.15) is 67.4 Å². The second-order valence-corrected chi connectivity index (χ2v) is 7.26. The second kappa shape index (κ2) is 9.01.